The van der Waals surface area contributed by atoms with E-state index in [-0.39, 0.29) is 0 Å². The quantitative estimate of drug-likeness (QED) is 0.637. The maximum Gasteiger partial charge on any atom is 0.227 e. The van der Waals surface area contributed by atoms with E-state index in [1.54, 1.807) is 0 Å². The molecule has 19 heavy (non-hydrogen) atoms. The molecule has 2 nitrogen and oxygen atoms in total. The van der Waals surface area contributed by atoms with E-state index in [0.29, 0.717) is 5.89 Å². The molecule has 3 heteroatoms. The average molecular weight is 314 g/mol. The molecule has 0 aliphatic carbocycles. The van der Waals surface area contributed by atoms with Crippen LogP contribution in [0.4, 0.5) is 0 Å². The number of rotatable bonds is 3. The lowest BCUT2D eigenvalue weighted by Gasteiger charge is -2.00. The lowest BCUT2D eigenvalue weighted by molar-refractivity contribution is 0.620. The first kappa shape index (κ1) is 12.2. The molecule has 2 aromatic carbocycles. The van der Waals surface area contributed by atoms with Gasteiger partial charge >= 0.3 is 0 Å². The second kappa shape index (κ2) is 5.02. The minimum absolute atomic E-state index is 0.652. The topological polar surface area (TPSA) is 26.0 Å². The highest BCUT2D eigenvalue weighted by Gasteiger charge is 2.12. The number of nitrogens with zero attached hydrogens (tertiary/aromatic N) is 1. The largest absolute Gasteiger partial charge is 0.436 e. The molecule has 0 saturated heterocycles. The van der Waals surface area contributed by atoms with Crippen molar-refractivity contribution in [3.05, 3.63) is 65.2 Å². The molecule has 3 rings (SSSR count). The molecule has 1 aromatic heterocycles. The number of hydrogen-bond acceptors (Lipinski definition) is 2. The number of aromatic nitrogens is 1. The number of allylic oxidation sites excluding steroid dienone is 1. The molecular weight excluding hydrogens is 302 g/mol. The van der Waals surface area contributed by atoms with Gasteiger partial charge in [0.2, 0.25) is 5.89 Å². The zero-order chi connectivity index (χ0) is 13.2. The Bertz CT molecular complexity index is 731. The zero-order valence-corrected chi connectivity index (χ0v) is 11.9. The highest BCUT2D eigenvalue weighted by Crippen LogP contribution is 2.30. The first-order valence-electron chi connectivity index (χ1n) is 6.04. The number of oxazole rings is 1. The maximum absolute atomic E-state index is 5.83. The van der Waals surface area contributed by atoms with Gasteiger partial charge in [-0.2, -0.15) is 0 Å². The second-order valence-corrected chi connectivity index (χ2v) is 5.10. The van der Waals surface area contributed by atoms with Gasteiger partial charge in [0.05, 0.1) is 0 Å². The lowest BCUT2D eigenvalue weighted by Crippen LogP contribution is -1.86. The van der Waals surface area contributed by atoms with Crippen LogP contribution in [0, 0.1) is 0 Å². The molecule has 0 atom stereocenters. The van der Waals surface area contributed by atoms with Crippen molar-refractivity contribution >= 4 is 27.0 Å². The van der Waals surface area contributed by atoms with E-state index in [4.69, 9.17) is 4.42 Å². The Morgan fingerprint density at radius 3 is 2.68 bits per heavy atom. The van der Waals surface area contributed by atoms with Crippen molar-refractivity contribution in [3.8, 4) is 11.5 Å². The maximum atomic E-state index is 5.83. The van der Waals surface area contributed by atoms with Crippen molar-refractivity contribution in [2.75, 3.05) is 0 Å². The Morgan fingerprint density at radius 2 is 1.95 bits per heavy atom. The normalized spacial score (nSPS) is 10.8. The van der Waals surface area contributed by atoms with Crippen LogP contribution < -0.4 is 0 Å². The molecule has 0 fully saturated rings. The first-order chi connectivity index (χ1) is 9.29. The molecule has 0 amide bonds. The van der Waals surface area contributed by atoms with Gasteiger partial charge in [-0.05, 0) is 36.2 Å². The Labute approximate surface area is 119 Å². The third-order valence-corrected chi connectivity index (χ3v) is 3.72. The summed E-state index contributed by atoms with van der Waals surface area (Å²) in [6.07, 6.45) is 2.63. The fourth-order valence-electron chi connectivity index (χ4n) is 2.07. The highest BCUT2D eigenvalue weighted by molar-refractivity contribution is 9.10. The third-order valence-electron chi connectivity index (χ3n) is 2.98. The summed E-state index contributed by atoms with van der Waals surface area (Å²) < 4.78 is 6.86. The van der Waals surface area contributed by atoms with E-state index in [9.17, 15) is 0 Å². The second-order valence-electron chi connectivity index (χ2n) is 4.25. The molecule has 0 N–H and O–H groups in total. The van der Waals surface area contributed by atoms with E-state index >= 15 is 0 Å². The molecule has 0 aliphatic heterocycles. The summed E-state index contributed by atoms with van der Waals surface area (Å²) in [7, 11) is 0. The first-order valence-corrected chi connectivity index (χ1v) is 6.83. The molecule has 0 spiro atoms. The summed E-state index contributed by atoms with van der Waals surface area (Å²) in [5.41, 5.74) is 3.80. The van der Waals surface area contributed by atoms with Gasteiger partial charge in [0.25, 0.3) is 0 Å². The van der Waals surface area contributed by atoms with Crippen LogP contribution in [0.15, 0.2) is 64.0 Å². The number of benzene rings is 2. The fraction of sp³-hybridized carbons (Fsp3) is 0.0625. The van der Waals surface area contributed by atoms with E-state index in [0.717, 1.165) is 33.1 Å². The van der Waals surface area contributed by atoms with Crippen molar-refractivity contribution in [1.82, 2.24) is 4.98 Å². The zero-order valence-electron chi connectivity index (χ0n) is 10.3. The predicted octanol–water partition coefficient (Wildman–Crippen LogP) is 4.99. The van der Waals surface area contributed by atoms with Gasteiger partial charge in [-0.25, -0.2) is 4.98 Å². The summed E-state index contributed by atoms with van der Waals surface area (Å²) in [5, 5.41) is 0. The van der Waals surface area contributed by atoms with E-state index in [2.05, 4.69) is 27.5 Å². The summed E-state index contributed by atoms with van der Waals surface area (Å²) in [6, 6.07) is 13.8. The molecular formula is C16H12BrNO. The molecule has 0 aliphatic rings. The van der Waals surface area contributed by atoms with Crippen LogP contribution in [-0.4, -0.2) is 4.98 Å². The smallest absolute Gasteiger partial charge is 0.227 e. The summed E-state index contributed by atoms with van der Waals surface area (Å²) in [4.78, 5) is 4.62. The van der Waals surface area contributed by atoms with Crippen molar-refractivity contribution in [3.63, 3.8) is 0 Å². The van der Waals surface area contributed by atoms with Gasteiger partial charge in [-0.15, -0.1) is 6.58 Å². The van der Waals surface area contributed by atoms with Crippen LogP contribution in [0.2, 0.25) is 0 Å². The van der Waals surface area contributed by atoms with Crippen LogP contribution in [0.1, 0.15) is 5.56 Å². The van der Waals surface area contributed by atoms with Crippen molar-refractivity contribution < 1.29 is 4.42 Å². The van der Waals surface area contributed by atoms with Crippen LogP contribution >= 0.6 is 15.9 Å². The highest BCUT2D eigenvalue weighted by atomic mass is 79.9. The van der Waals surface area contributed by atoms with Gasteiger partial charge in [-0.1, -0.05) is 40.2 Å². The lowest BCUT2D eigenvalue weighted by atomic mass is 10.1. The molecule has 1 heterocycles. The molecule has 0 saturated carbocycles. The van der Waals surface area contributed by atoms with E-state index < -0.39 is 0 Å². The van der Waals surface area contributed by atoms with Crippen LogP contribution in [0.25, 0.3) is 22.6 Å². The number of fused-ring (bicyclic) bond motifs is 1. The Morgan fingerprint density at radius 1 is 1.16 bits per heavy atom. The molecule has 0 unspecified atom stereocenters. The number of halogens is 1. The van der Waals surface area contributed by atoms with Gasteiger partial charge in [0.15, 0.2) is 5.58 Å². The average Bonchev–Trinajstić information content (AvgIpc) is 2.87. The van der Waals surface area contributed by atoms with Gasteiger partial charge in [0.1, 0.15) is 5.52 Å². The molecule has 0 radical (unpaired) electrons. The van der Waals surface area contributed by atoms with Crippen LogP contribution in [-0.2, 0) is 6.42 Å². The Kier molecular flexibility index (Phi) is 3.22. The predicted molar refractivity (Wildman–Crippen MR) is 81.0 cm³/mol. The monoisotopic (exact) mass is 313 g/mol. The molecule has 0 bridgehead atoms. The molecule has 3 aromatic rings. The van der Waals surface area contributed by atoms with Gasteiger partial charge < -0.3 is 4.42 Å². The van der Waals surface area contributed by atoms with Crippen molar-refractivity contribution in [2.45, 2.75) is 6.42 Å². The number of hydrogen-bond donors (Lipinski definition) is 0. The van der Waals surface area contributed by atoms with Gasteiger partial charge in [-0.3, -0.25) is 0 Å². The molecule has 94 valence electrons. The standard InChI is InChI=1S/C16H12BrNO/c1-2-6-12-13(17)9-10-14-15(12)18-16(19-14)11-7-4-3-5-8-11/h2-5,7-10H,1,6H2. The van der Waals surface area contributed by atoms with Gasteiger partial charge in [0, 0.05) is 10.0 Å². The third kappa shape index (κ3) is 2.22. The fourth-order valence-corrected chi connectivity index (χ4v) is 2.55. The van der Waals surface area contributed by atoms with E-state index in [1.165, 1.54) is 0 Å². The van der Waals surface area contributed by atoms with Crippen molar-refractivity contribution in [1.29, 1.82) is 0 Å². The van der Waals surface area contributed by atoms with Crippen LogP contribution in [0.3, 0.4) is 0 Å². The summed E-state index contributed by atoms with van der Waals surface area (Å²) >= 11 is 3.55. The van der Waals surface area contributed by atoms with Crippen LogP contribution in [0.5, 0.6) is 0 Å². The summed E-state index contributed by atoms with van der Waals surface area (Å²) in [6.45, 7) is 3.79. The minimum Gasteiger partial charge on any atom is -0.436 e. The minimum atomic E-state index is 0.652. The van der Waals surface area contributed by atoms with Crippen molar-refractivity contribution in [2.24, 2.45) is 0 Å². The SMILES string of the molecule is C=CCc1c(Br)ccc2oc(-c3ccccc3)nc12. The van der Waals surface area contributed by atoms with E-state index in [1.807, 2.05) is 48.5 Å². The summed E-state index contributed by atoms with van der Waals surface area (Å²) in [5.74, 6) is 0.652. The Hall–Kier alpha value is -1.87. The Balaban J connectivity index is 2.21.